The van der Waals surface area contributed by atoms with Crippen LogP contribution in [0.5, 0.6) is 0 Å². The fourth-order valence-electron chi connectivity index (χ4n) is 2.25. The van der Waals surface area contributed by atoms with Crippen LogP contribution in [0.25, 0.3) is 0 Å². The summed E-state index contributed by atoms with van der Waals surface area (Å²) in [4.78, 5) is 2.22. The molecule has 3 nitrogen and oxygen atoms in total. The predicted octanol–water partition coefficient (Wildman–Crippen LogP) is 1.89. The summed E-state index contributed by atoms with van der Waals surface area (Å²) in [6, 6.07) is 7.46. The topological polar surface area (TPSA) is 49.5 Å². The zero-order valence-corrected chi connectivity index (χ0v) is 10.6. The zero-order chi connectivity index (χ0) is 12.4. The van der Waals surface area contributed by atoms with Gasteiger partial charge in [-0.1, -0.05) is 19.1 Å². The molecule has 1 saturated carbocycles. The first-order chi connectivity index (χ1) is 8.06. The third kappa shape index (κ3) is 3.45. The smallest absolute Gasteiger partial charge is 0.0916 e. The molecule has 0 bridgehead atoms. The maximum absolute atomic E-state index is 10.1. The molecule has 0 amide bonds. The third-order valence-corrected chi connectivity index (χ3v) is 3.63. The molecule has 17 heavy (non-hydrogen) atoms. The number of aliphatic hydroxyl groups is 1. The predicted molar refractivity (Wildman–Crippen MR) is 70.6 cm³/mol. The Balaban J connectivity index is 1.83. The normalized spacial score (nSPS) is 24.9. The molecule has 3 atom stereocenters. The highest BCUT2D eigenvalue weighted by Crippen LogP contribution is 2.38. The van der Waals surface area contributed by atoms with E-state index in [1.807, 2.05) is 24.3 Å². The van der Waals surface area contributed by atoms with E-state index in [9.17, 15) is 5.11 Å². The highest BCUT2D eigenvalue weighted by molar-refractivity contribution is 5.39. The largest absolute Gasteiger partial charge is 0.399 e. The SMILES string of the molecule is CC1CC1CN(C)CC(O)c1ccc(N)cc1. The lowest BCUT2D eigenvalue weighted by molar-refractivity contribution is 0.124. The van der Waals surface area contributed by atoms with Crippen molar-refractivity contribution in [3.63, 3.8) is 0 Å². The van der Waals surface area contributed by atoms with Gasteiger partial charge in [0.05, 0.1) is 6.10 Å². The second-order valence-electron chi connectivity index (χ2n) is 5.38. The number of hydrogen-bond acceptors (Lipinski definition) is 3. The van der Waals surface area contributed by atoms with Gasteiger partial charge >= 0.3 is 0 Å². The Morgan fingerprint density at radius 1 is 1.41 bits per heavy atom. The van der Waals surface area contributed by atoms with E-state index in [4.69, 9.17) is 5.73 Å². The van der Waals surface area contributed by atoms with Gasteiger partial charge in [-0.15, -0.1) is 0 Å². The molecular weight excluding hydrogens is 212 g/mol. The highest BCUT2D eigenvalue weighted by Gasteiger charge is 2.33. The highest BCUT2D eigenvalue weighted by atomic mass is 16.3. The van der Waals surface area contributed by atoms with E-state index in [-0.39, 0.29) is 0 Å². The number of aliphatic hydroxyl groups excluding tert-OH is 1. The quantitative estimate of drug-likeness (QED) is 0.765. The lowest BCUT2D eigenvalue weighted by Gasteiger charge is -2.20. The lowest BCUT2D eigenvalue weighted by atomic mass is 10.1. The maximum Gasteiger partial charge on any atom is 0.0916 e. The second-order valence-corrected chi connectivity index (χ2v) is 5.38. The first-order valence-electron chi connectivity index (χ1n) is 6.28. The van der Waals surface area contributed by atoms with Gasteiger partial charge in [-0.05, 0) is 43.0 Å². The van der Waals surface area contributed by atoms with Gasteiger partial charge in [0.1, 0.15) is 0 Å². The van der Waals surface area contributed by atoms with Crippen LogP contribution in [-0.4, -0.2) is 30.1 Å². The second kappa shape index (κ2) is 5.07. The monoisotopic (exact) mass is 234 g/mol. The molecule has 1 fully saturated rings. The van der Waals surface area contributed by atoms with E-state index in [2.05, 4.69) is 18.9 Å². The molecule has 0 radical (unpaired) electrons. The molecule has 1 aliphatic carbocycles. The van der Waals surface area contributed by atoms with Crippen LogP contribution in [0, 0.1) is 11.8 Å². The minimum atomic E-state index is -0.422. The molecule has 0 spiro atoms. The number of benzene rings is 1. The molecule has 0 aromatic heterocycles. The van der Waals surface area contributed by atoms with E-state index in [0.29, 0.717) is 6.54 Å². The van der Waals surface area contributed by atoms with Crippen LogP contribution >= 0.6 is 0 Å². The lowest BCUT2D eigenvalue weighted by Crippen LogP contribution is -2.27. The average Bonchev–Trinajstić information content (AvgIpc) is 2.94. The number of anilines is 1. The molecule has 3 unspecified atom stereocenters. The van der Waals surface area contributed by atoms with E-state index < -0.39 is 6.10 Å². The average molecular weight is 234 g/mol. The van der Waals surface area contributed by atoms with Crippen molar-refractivity contribution in [3.05, 3.63) is 29.8 Å². The van der Waals surface area contributed by atoms with E-state index in [1.54, 1.807) is 0 Å². The minimum Gasteiger partial charge on any atom is -0.399 e. The molecule has 3 heteroatoms. The summed E-state index contributed by atoms with van der Waals surface area (Å²) >= 11 is 0. The van der Waals surface area contributed by atoms with Crippen molar-refractivity contribution in [2.24, 2.45) is 11.8 Å². The van der Waals surface area contributed by atoms with Crippen molar-refractivity contribution in [2.75, 3.05) is 25.9 Å². The first kappa shape index (κ1) is 12.4. The number of nitrogens with two attached hydrogens (primary N) is 1. The fourth-order valence-corrected chi connectivity index (χ4v) is 2.25. The van der Waals surface area contributed by atoms with Gasteiger partial charge in [-0.3, -0.25) is 0 Å². The summed E-state index contributed by atoms with van der Waals surface area (Å²) in [6.07, 6.45) is 0.914. The van der Waals surface area contributed by atoms with Crippen LogP contribution in [0.2, 0.25) is 0 Å². The Morgan fingerprint density at radius 2 is 2.00 bits per heavy atom. The van der Waals surface area contributed by atoms with Gasteiger partial charge in [-0.2, -0.15) is 0 Å². The van der Waals surface area contributed by atoms with Gasteiger partial charge in [0.15, 0.2) is 0 Å². The van der Waals surface area contributed by atoms with Crippen LogP contribution in [0.3, 0.4) is 0 Å². The first-order valence-corrected chi connectivity index (χ1v) is 6.28. The molecular formula is C14H22N2O. The van der Waals surface area contributed by atoms with Crippen LogP contribution in [0.1, 0.15) is 25.0 Å². The Kier molecular flexibility index (Phi) is 3.69. The molecule has 1 aliphatic rings. The summed E-state index contributed by atoms with van der Waals surface area (Å²) in [5.41, 5.74) is 7.30. The van der Waals surface area contributed by atoms with Gasteiger partial charge in [0.2, 0.25) is 0 Å². The molecule has 0 saturated heterocycles. The van der Waals surface area contributed by atoms with Crippen molar-refractivity contribution < 1.29 is 5.11 Å². The van der Waals surface area contributed by atoms with E-state index in [0.717, 1.165) is 29.6 Å². The van der Waals surface area contributed by atoms with Crippen LogP contribution in [-0.2, 0) is 0 Å². The number of nitrogen functional groups attached to an aromatic ring is 1. The summed E-state index contributed by atoms with van der Waals surface area (Å²) in [7, 11) is 2.07. The summed E-state index contributed by atoms with van der Waals surface area (Å²) in [5.74, 6) is 1.70. The third-order valence-electron chi connectivity index (χ3n) is 3.63. The van der Waals surface area contributed by atoms with Gasteiger partial charge in [0, 0.05) is 18.8 Å². The Morgan fingerprint density at radius 3 is 2.53 bits per heavy atom. The van der Waals surface area contributed by atoms with Crippen LogP contribution in [0.15, 0.2) is 24.3 Å². The minimum absolute atomic E-state index is 0.422. The van der Waals surface area contributed by atoms with E-state index >= 15 is 0 Å². The molecule has 0 aliphatic heterocycles. The summed E-state index contributed by atoms with van der Waals surface area (Å²) in [6.45, 7) is 4.06. The molecule has 94 valence electrons. The molecule has 3 N–H and O–H groups in total. The summed E-state index contributed by atoms with van der Waals surface area (Å²) < 4.78 is 0. The van der Waals surface area contributed by atoms with Gasteiger partial charge < -0.3 is 15.7 Å². The molecule has 2 rings (SSSR count). The Labute approximate surface area is 103 Å². The van der Waals surface area contributed by atoms with Crippen molar-refractivity contribution in [1.29, 1.82) is 0 Å². The fraction of sp³-hybridized carbons (Fsp3) is 0.571. The Bertz CT molecular complexity index is 363. The molecule has 1 aromatic carbocycles. The van der Waals surface area contributed by atoms with Crippen LogP contribution < -0.4 is 5.73 Å². The van der Waals surface area contributed by atoms with Crippen molar-refractivity contribution in [1.82, 2.24) is 4.90 Å². The standard InChI is InChI=1S/C14H22N2O/c1-10-7-12(10)8-16(2)9-14(17)11-3-5-13(15)6-4-11/h3-6,10,12,14,17H,7-9,15H2,1-2H3. The van der Waals surface area contributed by atoms with Crippen LogP contribution in [0.4, 0.5) is 5.69 Å². The van der Waals surface area contributed by atoms with Crippen molar-refractivity contribution >= 4 is 5.69 Å². The van der Waals surface area contributed by atoms with Gasteiger partial charge in [-0.25, -0.2) is 0 Å². The molecule has 0 heterocycles. The maximum atomic E-state index is 10.1. The Hall–Kier alpha value is -1.06. The molecule has 1 aromatic rings. The zero-order valence-electron chi connectivity index (χ0n) is 10.6. The number of rotatable bonds is 5. The van der Waals surface area contributed by atoms with Crippen molar-refractivity contribution in [3.8, 4) is 0 Å². The van der Waals surface area contributed by atoms with Crippen molar-refractivity contribution in [2.45, 2.75) is 19.4 Å². The summed E-state index contributed by atoms with van der Waals surface area (Å²) in [5, 5.41) is 10.1. The van der Waals surface area contributed by atoms with E-state index in [1.165, 1.54) is 6.42 Å². The number of likely N-dealkylation sites (N-methyl/N-ethyl adjacent to an activating group) is 1. The van der Waals surface area contributed by atoms with Gasteiger partial charge in [0.25, 0.3) is 0 Å². The number of nitrogens with zero attached hydrogens (tertiary/aromatic N) is 1. The number of hydrogen-bond donors (Lipinski definition) is 2.